The van der Waals surface area contributed by atoms with E-state index in [0.29, 0.717) is 29.2 Å². The molecule has 0 radical (unpaired) electrons. The highest BCUT2D eigenvalue weighted by Crippen LogP contribution is 2.23. The standard InChI is InChI=1S/C20H13ClF2N6O3S/c1-29(10-4-2-9(3-5-10)17-25-20(32)33-28-17)19(31)15-8-16(27-26-15)24-18(30)11-6-13(22)14(23)7-12(11)21/h2-8H,1H3,(H,25,28,32)(H2,24,26,27,30). The van der Waals surface area contributed by atoms with Gasteiger partial charge < -0.3 is 10.2 Å². The van der Waals surface area contributed by atoms with E-state index < -0.39 is 23.4 Å². The van der Waals surface area contributed by atoms with E-state index >= 15 is 0 Å². The second-order valence-corrected chi connectivity index (χ2v) is 7.86. The van der Waals surface area contributed by atoms with Crippen LogP contribution in [0, 0.1) is 11.6 Å². The molecule has 0 atom stereocenters. The lowest BCUT2D eigenvalue weighted by Crippen LogP contribution is -2.26. The van der Waals surface area contributed by atoms with Crippen LogP contribution in [-0.4, -0.2) is 38.4 Å². The van der Waals surface area contributed by atoms with E-state index in [1.165, 1.54) is 11.0 Å². The number of halogens is 3. The molecule has 9 nitrogen and oxygen atoms in total. The Morgan fingerprint density at radius 2 is 1.82 bits per heavy atom. The molecule has 0 fully saturated rings. The van der Waals surface area contributed by atoms with Crippen LogP contribution in [0.15, 0.2) is 47.3 Å². The fourth-order valence-electron chi connectivity index (χ4n) is 2.87. The smallest absolute Gasteiger partial charge is 0.310 e. The van der Waals surface area contributed by atoms with Gasteiger partial charge in [0.25, 0.3) is 11.8 Å². The van der Waals surface area contributed by atoms with Crippen LogP contribution < -0.4 is 15.1 Å². The summed E-state index contributed by atoms with van der Waals surface area (Å²) in [5.41, 5.74) is 1.01. The minimum atomic E-state index is -1.23. The van der Waals surface area contributed by atoms with Crippen molar-refractivity contribution in [3.8, 4) is 11.4 Å². The first-order chi connectivity index (χ1) is 15.7. The fourth-order valence-corrected chi connectivity index (χ4v) is 3.57. The molecule has 2 heterocycles. The molecule has 0 unspecified atom stereocenters. The number of H-pyrrole nitrogens is 2. The Bertz CT molecular complexity index is 1420. The molecule has 0 spiro atoms. The Hall–Kier alpha value is -3.90. The minimum absolute atomic E-state index is 0.0135. The molecule has 0 bridgehead atoms. The summed E-state index contributed by atoms with van der Waals surface area (Å²) in [6.45, 7) is 0. The summed E-state index contributed by atoms with van der Waals surface area (Å²) in [6.07, 6.45) is 0. The van der Waals surface area contributed by atoms with E-state index in [-0.39, 0.29) is 27.0 Å². The Morgan fingerprint density at radius 3 is 2.48 bits per heavy atom. The van der Waals surface area contributed by atoms with Gasteiger partial charge in [0, 0.05) is 35.9 Å². The molecule has 2 amide bonds. The summed E-state index contributed by atoms with van der Waals surface area (Å²) in [4.78, 5) is 40.0. The van der Waals surface area contributed by atoms with Gasteiger partial charge in [-0.05, 0) is 36.4 Å². The maximum absolute atomic E-state index is 13.4. The van der Waals surface area contributed by atoms with Crippen molar-refractivity contribution in [2.24, 2.45) is 0 Å². The van der Waals surface area contributed by atoms with E-state index in [9.17, 15) is 23.2 Å². The molecule has 3 N–H and O–H groups in total. The third-order valence-electron chi connectivity index (χ3n) is 4.58. The molecule has 0 saturated carbocycles. The van der Waals surface area contributed by atoms with E-state index in [1.807, 2.05) is 0 Å². The van der Waals surface area contributed by atoms with Crippen LogP contribution in [-0.2, 0) is 0 Å². The summed E-state index contributed by atoms with van der Waals surface area (Å²) in [6, 6.07) is 9.41. The van der Waals surface area contributed by atoms with Crippen LogP contribution in [0.2, 0.25) is 5.02 Å². The molecule has 0 aliphatic rings. The summed E-state index contributed by atoms with van der Waals surface area (Å²) in [5.74, 6) is -3.27. The first-order valence-electron chi connectivity index (χ1n) is 9.18. The van der Waals surface area contributed by atoms with Crippen LogP contribution in [0.1, 0.15) is 20.8 Å². The zero-order valence-corrected chi connectivity index (χ0v) is 18.2. The Balaban J connectivity index is 1.46. The van der Waals surface area contributed by atoms with Crippen molar-refractivity contribution in [3.63, 3.8) is 0 Å². The zero-order valence-electron chi connectivity index (χ0n) is 16.6. The number of amides is 2. The summed E-state index contributed by atoms with van der Waals surface area (Å²) >= 11 is 6.61. The predicted octanol–water partition coefficient (Wildman–Crippen LogP) is 3.68. The molecular weight excluding hydrogens is 478 g/mol. The zero-order chi connectivity index (χ0) is 23.7. The third kappa shape index (κ3) is 4.66. The fraction of sp³-hybridized carbons (Fsp3) is 0.0500. The van der Waals surface area contributed by atoms with Crippen LogP contribution >= 0.6 is 23.1 Å². The predicted molar refractivity (Wildman–Crippen MR) is 119 cm³/mol. The van der Waals surface area contributed by atoms with E-state index in [1.54, 1.807) is 31.3 Å². The van der Waals surface area contributed by atoms with Gasteiger partial charge in [-0.25, -0.2) is 8.78 Å². The van der Waals surface area contributed by atoms with Crippen molar-refractivity contribution in [3.05, 3.63) is 80.0 Å². The molecule has 4 aromatic rings. The number of aromatic amines is 2. The highest BCUT2D eigenvalue weighted by molar-refractivity contribution is 7.03. The van der Waals surface area contributed by atoms with E-state index in [2.05, 4.69) is 24.9 Å². The van der Waals surface area contributed by atoms with Crippen LogP contribution in [0.4, 0.5) is 20.3 Å². The van der Waals surface area contributed by atoms with Gasteiger partial charge in [-0.3, -0.25) is 24.5 Å². The van der Waals surface area contributed by atoms with Crippen LogP contribution in [0.5, 0.6) is 0 Å². The summed E-state index contributed by atoms with van der Waals surface area (Å²) in [5, 5.41) is 8.46. The first-order valence-corrected chi connectivity index (χ1v) is 10.3. The SMILES string of the molecule is CN(C(=O)c1cc(NC(=O)c2cc(F)c(F)cc2Cl)n[nH]1)c1ccc(-c2nsc(=O)[nH]2)cc1. The normalized spacial score (nSPS) is 10.8. The van der Waals surface area contributed by atoms with Crippen LogP contribution in [0.25, 0.3) is 11.4 Å². The molecule has 0 aliphatic heterocycles. The molecule has 0 aliphatic carbocycles. The summed E-state index contributed by atoms with van der Waals surface area (Å²) in [7, 11) is 1.54. The quantitative estimate of drug-likeness (QED) is 0.368. The Morgan fingerprint density at radius 1 is 1.12 bits per heavy atom. The molecule has 168 valence electrons. The Labute approximate surface area is 193 Å². The number of nitrogens with zero attached hydrogens (tertiary/aromatic N) is 3. The lowest BCUT2D eigenvalue weighted by atomic mass is 10.2. The largest absolute Gasteiger partial charge is 0.323 e. The van der Waals surface area contributed by atoms with Crippen molar-refractivity contribution in [2.45, 2.75) is 0 Å². The van der Waals surface area contributed by atoms with Crippen molar-refractivity contribution >= 4 is 46.5 Å². The first kappa shape index (κ1) is 22.3. The van der Waals surface area contributed by atoms with Gasteiger partial charge in [0.1, 0.15) is 5.69 Å². The number of nitrogens with one attached hydrogen (secondary N) is 3. The van der Waals surface area contributed by atoms with Gasteiger partial charge in [-0.1, -0.05) is 11.6 Å². The molecule has 33 heavy (non-hydrogen) atoms. The minimum Gasteiger partial charge on any atom is -0.310 e. The number of aromatic nitrogens is 4. The number of carbonyl (C=O) groups excluding carboxylic acids is 2. The molecule has 2 aromatic heterocycles. The lowest BCUT2D eigenvalue weighted by molar-refractivity contribution is 0.0986. The topological polar surface area (TPSA) is 124 Å². The number of carbonyl (C=O) groups is 2. The Kier molecular flexibility index (Phi) is 6.03. The van der Waals surface area contributed by atoms with Gasteiger partial charge in [0.05, 0.1) is 10.6 Å². The van der Waals surface area contributed by atoms with Gasteiger partial charge in [0.2, 0.25) is 0 Å². The highest BCUT2D eigenvalue weighted by Gasteiger charge is 2.19. The monoisotopic (exact) mass is 490 g/mol. The van der Waals surface area contributed by atoms with Crippen molar-refractivity contribution in [1.82, 2.24) is 19.6 Å². The van der Waals surface area contributed by atoms with Crippen LogP contribution in [0.3, 0.4) is 0 Å². The van der Waals surface area contributed by atoms with Crippen molar-refractivity contribution < 1.29 is 18.4 Å². The maximum atomic E-state index is 13.4. The molecule has 2 aromatic carbocycles. The average molecular weight is 491 g/mol. The van der Waals surface area contributed by atoms with Gasteiger partial charge in [-0.2, -0.15) is 9.47 Å². The van der Waals surface area contributed by atoms with E-state index in [0.717, 1.165) is 11.5 Å². The number of benzene rings is 2. The molecule has 4 rings (SSSR count). The van der Waals surface area contributed by atoms with Crippen molar-refractivity contribution in [1.29, 1.82) is 0 Å². The van der Waals surface area contributed by atoms with Crippen molar-refractivity contribution in [2.75, 3.05) is 17.3 Å². The number of hydrogen-bond donors (Lipinski definition) is 3. The molecular formula is C20H13ClF2N6O3S. The van der Waals surface area contributed by atoms with E-state index in [4.69, 9.17) is 11.6 Å². The second-order valence-electron chi connectivity index (χ2n) is 6.72. The van der Waals surface area contributed by atoms with Gasteiger partial charge in [0.15, 0.2) is 23.3 Å². The third-order valence-corrected chi connectivity index (χ3v) is 5.43. The van der Waals surface area contributed by atoms with Gasteiger partial charge in [-0.15, -0.1) is 0 Å². The molecule has 13 heteroatoms. The molecule has 0 saturated heterocycles. The highest BCUT2D eigenvalue weighted by atomic mass is 35.5. The van der Waals surface area contributed by atoms with Gasteiger partial charge >= 0.3 is 4.87 Å². The number of hydrogen-bond acceptors (Lipinski definition) is 6. The summed E-state index contributed by atoms with van der Waals surface area (Å²) < 4.78 is 30.6. The average Bonchev–Trinajstić information content (AvgIpc) is 3.44. The lowest BCUT2D eigenvalue weighted by Gasteiger charge is -2.16. The number of rotatable bonds is 5. The maximum Gasteiger partial charge on any atom is 0.323 e. The number of anilines is 2. The second kappa shape index (κ2) is 8.92.